The van der Waals surface area contributed by atoms with E-state index in [2.05, 4.69) is 0 Å². The molecule has 0 radical (unpaired) electrons. The molecule has 1 N–H and O–H groups in total. The minimum Gasteiger partial charge on any atom is -0.507 e. The van der Waals surface area contributed by atoms with Gasteiger partial charge in [0.25, 0.3) is 11.7 Å². The van der Waals surface area contributed by atoms with Crippen molar-refractivity contribution >= 4 is 29.1 Å². The highest BCUT2D eigenvalue weighted by atomic mass is 35.5. The van der Waals surface area contributed by atoms with Crippen LogP contribution in [-0.4, -0.2) is 41.5 Å². The average molecular weight is 536 g/mol. The lowest BCUT2D eigenvalue weighted by atomic mass is 9.95. The molecule has 38 heavy (non-hydrogen) atoms. The lowest BCUT2D eigenvalue weighted by molar-refractivity contribution is -0.140. The van der Waals surface area contributed by atoms with Gasteiger partial charge in [0.1, 0.15) is 23.0 Å². The molecule has 7 nitrogen and oxygen atoms in total. The molecule has 0 bridgehead atoms. The third kappa shape index (κ3) is 5.63. The van der Waals surface area contributed by atoms with Crippen molar-refractivity contribution in [1.29, 1.82) is 0 Å². The minimum absolute atomic E-state index is 0.0199. The Morgan fingerprint density at radius 3 is 2.45 bits per heavy atom. The fourth-order valence-corrected chi connectivity index (χ4v) is 4.68. The van der Waals surface area contributed by atoms with E-state index < -0.39 is 17.7 Å². The number of hydrogen-bond donors (Lipinski definition) is 1. The summed E-state index contributed by atoms with van der Waals surface area (Å²) >= 11 is 6.43. The van der Waals surface area contributed by atoms with E-state index in [1.165, 1.54) is 12.0 Å². The quantitative estimate of drug-likeness (QED) is 0.201. The number of benzene rings is 3. The summed E-state index contributed by atoms with van der Waals surface area (Å²) < 4.78 is 16.8. The van der Waals surface area contributed by atoms with Crippen molar-refractivity contribution in [3.63, 3.8) is 0 Å². The first-order chi connectivity index (χ1) is 18.2. The molecule has 198 valence electrons. The van der Waals surface area contributed by atoms with E-state index >= 15 is 0 Å². The molecular weight excluding hydrogens is 506 g/mol. The van der Waals surface area contributed by atoms with E-state index in [1.54, 1.807) is 42.5 Å². The molecule has 1 saturated heterocycles. The predicted octanol–water partition coefficient (Wildman–Crippen LogP) is 6.16. The number of hydrogen-bond acceptors (Lipinski definition) is 6. The van der Waals surface area contributed by atoms with Gasteiger partial charge in [-0.1, -0.05) is 35.9 Å². The Bertz CT molecular complexity index is 1380. The summed E-state index contributed by atoms with van der Waals surface area (Å²) in [7, 11) is 1.54. The second-order valence-electron chi connectivity index (χ2n) is 9.09. The van der Waals surface area contributed by atoms with E-state index in [1.807, 2.05) is 45.0 Å². The van der Waals surface area contributed by atoms with Gasteiger partial charge in [-0.15, -0.1) is 0 Å². The highest BCUT2D eigenvalue weighted by Gasteiger charge is 2.46. The number of halogens is 1. The highest BCUT2D eigenvalue weighted by Crippen LogP contribution is 2.42. The zero-order chi connectivity index (χ0) is 27.4. The van der Waals surface area contributed by atoms with E-state index in [9.17, 15) is 14.7 Å². The van der Waals surface area contributed by atoms with Crippen LogP contribution in [0.5, 0.6) is 17.2 Å². The van der Waals surface area contributed by atoms with E-state index in [4.69, 9.17) is 25.8 Å². The number of ether oxygens (including phenoxy) is 3. The molecule has 8 heteroatoms. The van der Waals surface area contributed by atoms with Crippen molar-refractivity contribution in [2.45, 2.75) is 39.5 Å². The smallest absolute Gasteiger partial charge is 0.295 e. The fraction of sp³-hybridized carbons (Fsp3) is 0.267. The van der Waals surface area contributed by atoms with Gasteiger partial charge < -0.3 is 24.2 Å². The second-order valence-corrected chi connectivity index (χ2v) is 9.50. The zero-order valence-corrected chi connectivity index (χ0v) is 22.5. The van der Waals surface area contributed by atoms with Crippen LogP contribution in [-0.2, 0) is 16.1 Å². The maximum Gasteiger partial charge on any atom is 0.295 e. The van der Waals surface area contributed by atoms with Gasteiger partial charge in [-0.3, -0.25) is 9.59 Å². The van der Waals surface area contributed by atoms with E-state index in [0.29, 0.717) is 29.4 Å². The molecular formula is C30H30ClNO6. The van der Waals surface area contributed by atoms with E-state index in [-0.39, 0.29) is 34.6 Å². The maximum atomic E-state index is 13.5. The largest absolute Gasteiger partial charge is 0.507 e. The van der Waals surface area contributed by atoms with Crippen LogP contribution in [0, 0.1) is 0 Å². The van der Waals surface area contributed by atoms with Crippen LogP contribution < -0.4 is 14.2 Å². The summed E-state index contributed by atoms with van der Waals surface area (Å²) in [5.41, 5.74) is 1.52. The van der Waals surface area contributed by atoms with Gasteiger partial charge >= 0.3 is 0 Å². The van der Waals surface area contributed by atoms with Gasteiger partial charge in [0.2, 0.25) is 0 Å². The first kappa shape index (κ1) is 27.1. The lowest BCUT2D eigenvalue weighted by Gasteiger charge is -2.26. The Hall–Kier alpha value is -3.97. The van der Waals surface area contributed by atoms with Crippen molar-refractivity contribution in [3.8, 4) is 17.2 Å². The molecule has 1 amide bonds. The van der Waals surface area contributed by atoms with Crippen molar-refractivity contribution in [3.05, 3.63) is 94.0 Å². The number of methoxy groups -OCH3 is 1. The summed E-state index contributed by atoms with van der Waals surface area (Å²) in [6.07, 6.45) is -0.0199. The SMILES string of the molecule is CCOc1ccc(Cl)c(/C(O)=C2\C(=O)C(=O)N(Cc3cccc(OC(C)C)c3)C2c2cccc(OC)c2)c1. The van der Waals surface area contributed by atoms with Gasteiger partial charge in [0.05, 0.1) is 36.5 Å². The standard InChI is InChI=1S/C30H30ClNO6/c1-5-37-22-12-13-25(31)24(16-22)28(33)26-27(20-9-7-10-21(15-20)36-4)32(30(35)29(26)34)17-19-8-6-11-23(14-19)38-18(2)3/h6-16,18,27,33H,5,17H2,1-4H3/b28-26+. The summed E-state index contributed by atoms with van der Waals surface area (Å²) in [6, 6.07) is 18.4. The Morgan fingerprint density at radius 1 is 1.00 bits per heavy atom. The van der Waals surface area contributed by atoms with Crippen molar-refractivity contribution in [2.75, 3.05) is 13.7 Å². The predicted molar refractivity (Wildman–Crippen MR) is 146 cm³/mol. The van der Waals surface area contributed by atoms with Gasteiger partial charge in [-0.05, 0) is 74.4 Å². The molecule has 1 unspecified atom stereocenters. The molecule has 1 aliphatic rings. The second kappa shape index (κ2) is 11.6. The Balaban J connectivity index is 1.85. The molecule has 3 aromatic rings. The Kier molecular flexibility index (Phi) is 8.27. The normalized spacial score (nSPS) is 16.7. The molecule has 1 aliphatic heterocycles. The van der Waals surface area contributed by atoms with Gasteiger partial charge in [-0.25, -0.2) is 0 Å². The third-order valence-corrected chi connectivity index (χ3v) is 6.41. The molecule has 1 fully saturated rings. The minimum atomic E-state index is -0.883. The van der Waals surface area contributed by atoms with Crippen LogP contribution >= 0.6 is 11.6 Å². The van der Waals surface area contributed by atoms with Crippen LogP contribution in [0.1, 0.15) is 43.5 Å². The maximum absolute atomic E-state index is 13.5. The van der Waals surface area contributed by atoms with Crippen LogP contribution in [0.3, 0.4) is 0 Å². The lowest BCUT2D eigenvalue weighted by Crippen LogP contribution is -2.29. The van der Waals surface area contributed by atoms with Crippen LogP contribution in [0.4, 0.5) is 0 Å². The number of Topliss-reactive ketones (excluding diaryl/α,β-unsaturated/α-hetero) is 1. The van der Waals surface area contributed by atoms with Gasteiger partial charge in [0, 0.05) is 12.1 Å². The first-order valence-electron chi connectivity index (χ1n) is 12.3. The van der Waals surface area contributed by atoms with Crippen molar-refractivity contribution < 1.29 is 28.9 Å². The number of likely N-dealkylation sites (tertiary alicyclic amines) is 1. The number of carbonyl (C=O) groups is 2. The highest BCUT2D eigenvalue weighted by molar-refractivity contribution is 6.47. The number of nitrogens with zero attached hydrogens (tertiary/aromatic N) is 1. The zero-order valence-electron chi connectivity index (χ0n) is 21.7. The topological polar surface area (TPSA) is 85.3 Å². The monoisotopic (exact) mass is 535 g/mol. The number of aliphatic hydroxyl groups excluding tert-OH is 1. The summed E-state index contributed by atoms with van der Waals surface area (Å²) in [5.74, 6) is -0.215. The van der Waals surface area contributed by atoms with Crippen LogP contribution in [0.2, 0.25) is 5.02 Å². The molecule has 3 aromatic carbocycles. The fourth-order valence-electron chi connectivity index (χ4n) is 4.47. The molecule has 1 heterocycles. The number of ketones is 1. The average Bonchev–Trinajstić information content (AvgIpc) is 3.14. The molecule has 0 saturated carbocycles. The summed E-state index contributed by atoms with van der Waals surface area (Å²) in [5, 5.41) is 11.7. The van der Waals surface area contributed by atoms with Crippen LogP contribution in [0.25, 0.3) is 5.76 Å². The van der Waals surface area contributed by atoms with Crippen molar-refractivity contribution in [1.82, 2.24) is 4.90 Å². The molecule has 0 aromatic heterocycles. The third-order valence-electron chi connectivity index (χ3n) is 6.08. The number of amides is 1. The number of aliphatic hydroxyl groups is 1. The van der Waals surface area contributed by atoms with E-state index in [0.717, 1.165) is 5.56 Å². The first-order valence-corrected chi connectivity index (χ1v) is 12.7. The van der Waals surface area contributed by atoms with Gasteiger partial charge in [0.15, 0.2) is 0 Å². The Morgan fingerprint density at radius 2 is 1.74 bits per heavy atom. The number of carbonyl (C=O) groups excluding carboxylic acids is 2. The summed E-state index contributed by atoms with van der Waals surface area (Å²) in [6.45, 7) is 6.23. The molecule has 0 aliphatic carbocycles. The molecule has 0 spiro atoms. The van der Waals surface area contributed by atoms with Crippen molar-refractivity contribution in [2.24, 2.45) is 0 Å². The number of rotatable bonds is 9. The molecule has 4 rings (SSSR count). The molecule has 1 atom stereocenters. The Labute approximate surface area is 227 Å². The van der Waals surface area contributed by atoms with Gasteiger partial charge in [-0.2, -0.15) is 0 Å². The summed E-state index contributed by atoms with van der Waals surface area (Å²) in [4.78, 5) is 28.3. The van der Waals surface area contributed by atoms with Crippen LogP contribution in [0.15, 0.2) is 72.3 Å².